The van der Waals surface area contributed by atoms with Crippen LogP contribution in [0, 0.1) is 0 Å². The summed E-state index contributed by atoms with van der Waals surface area (Å²) in [5.41, 5.74) is 1.17. The molecular weight excluding hydrogens is 342 g/mol. The minimum atomic E-state index is -0.300. The first kappa shape index (κ1) is 15.1. The molecule has 0 saturated carbocycles. The minimum Gasteiger partial charge on any atom is -0.504 e. The summed E-state index contributed by atoms with van der Waals surface area (Å²) in [5, 5.41) is 19.3. The van der Waals surface area contributed by atoms with Crippen LogP contribution in [0.25, 0.3) is 10.2 Å². The van der Waals surface area contributed by atoms with Crippen LogP contribution >= 0.6 is 34.7 Å². The van der Waals surface area contributed by atoms with Crippen LogP contribution in [0.5, 0.6) is 11.5 Å². The Labute approximate surface area is 139 Å². The summed E-state index contributed by atoms with van der Waals surface area (Å²) in [4.78, 5) is 16.5. The fourth-order valence-electron chi connectivity index (χ4n) is 1.85. The fourth-order valence-corrected chi connectivity index (χ4v) is 3.96. The molecule has 3 rings (SSSR count). The van der Waals surface area contributed by atoms with E-state index in [-0.39, 0.29) is 23.0 Å². The van der Waals surface area contributed by atoms with Crippen molar-refractivity contribution in [2.24, 2.45) is 0 Å². The zero-order valence-electron chi connectivity index (χ0n) is 11.1. The smallest absolute Gasteiger partial charge is 0.173 e. The maximum atomic E-state index is 12.1. The highest BCUT2D eigenvalue weighted by Crippen LogP contribution is 2.32. The Kier molecular flexibility index (Phi) is 4.24. The van der Waals surface area contributed by atoms with Gasteiger partial charge < -0.3 is 10.2 Å². The third kappa shape index (κ3) is 3.19. The summed E-state index contributed by atoms with van der Waals surface area (Å²) in [6, 6.07) is 9.54. The third-order valence-corrected chi connectivity index (χ3v) is 5.37. The van der Waals surface area contributed by atoms with Crippen LogP contribution in [0.2, 0.25) is 5.02 Å². The lowest BCUT2D eigenvalue weighted by Crippen LogP contribution is -2.01. The molecule has 0 saturated heterocycles. The van der Waals surface area contributed by atoms with Crippen molar-refractivity contribution in [3.8, 4) is 11.5 Å². The number of Topliss-reactive ketones (excluding diaryl/α,β-unsaturated/α-hetero) is 1. The molecule has 1 aromatic heterocycles. The number of carbonyl (C=O) groups is 1. The van der Waals surface area contributed by atoms with Crippen molar-refractivity contribution < 1.29 is 15.0 Å². The van der Waals surface area contributed by atoms with Gasteiger partial charge in [-0.3, -0.25) is 4.79 Å². The molecular formula is C15H10ClNO3S2. The first-order valence-corrected chi connectivity index (χ1v) is 8.45. The van der Waals surface area contributed by atoms with Crippen LogP contribution in [0.3, 0.4) is 0 Å². The van der Waals surface area contributed by atoms with E-state index in [2.05, 4.69) is 4.98 Å². The number of hydrogen-bond acceptors (Lipinski definition) is 6. The fraction of sp³-hybridized carbons (Fsp3) is 0.0667. The Morgan fingerprint density at radius 2 is 2.00 bits per heavy atom. The van der Waals surface area contributed by atoms with Crippen molar-refractivity contribution in [1.82, 2.24) is 4.98 Å². The van der Waals surface area contributed by atoms with E-state index in [0.29, 0.717) is 10.6 Å². The number of aromatic hydroxyl groups is 2. The molecule has 0 fully saturated rings. The highest BCUT2D eigenvalue weighted by molar-refractivity contribution is 8.01. The molecule has 0 radical (unpaired) electrons. The Morgan fingerprint density at radius 1 is 1.18 bits per heavy atom. The average Bonchev–Trinajstić information content (AvgIpc) is 2.89. The largest absolute Gasteiger partial charge is 0.504 e. The molecule has 1 heterocycles. The Hall–Kier alpha value is -1.76. The summed E-state index contributed by atoms with van der Waals surface area (Å²) in [5.74, 6) is -0.479. The number of thioether (sulfide) groups is 1. The second-order valence-electron chi connectivity index (χ2n) is 4.51. The van der Waals surface area contributed by atoms with Crippen LogP contribution in [0.1, 0.15) is 10.4 Å². The second-order valence-corrected chi connectivity index (χ2v) is 7.20. The first-order chi connectivity index (χ1) is 10.5. The molecule has 0 unspecified atom stereocenters. The molecule has 4 nitrogen and oxygen atoms in total. The molecule has 0 bridgehead atoms. The van der Waals surface area contributed by atoms with Gasteiger partial charge in [0.25, 0.3) is 0 Å². The number of ketones is 1. The normalized spacial score (nSPS) is 11.0. The number of aromatic nitrogens is 1. The topological polar surface area (TPSA) is 70.4 Å². The molecule has 2 N–H and O–H groups in total. The minimum absolute atomic E-state index is 0.141. The van der Waals surface area contributed by atoms with E-state index in [1.54, 1.807) is 12.1 Å². The number of benzene rings is 2. The standard InChI is InChI=1S/C15H10ClNO3S2/c16-9-2-4-14-10(6-9)17-15(22-14)21-7-13(20)8-1-3-11(18)12(19)5-8/h1-6,18-19H,7H2. The van der Waals surface area contributed by atoms with E-state index in [1.165, 1.54) is 41.3 Å². The molecule has 0 atom stereocenters. The van der Waals surface area contributed by atoms with Crippen molar-refractivity contribution >= 4 is 50.7 Å². The lowest BCUT2D eigenvalue weighted by Gasteiger charge is -2.02. The summed E-state index contributed by atoms with van der Waals surface area (Å²) in [6.07, 6.45) is 0. The lowest BCUT2D eigenvalue weighted by molar-refractivity contribution is 0.102. The van der Waals surface area contributed by atoms with Crippen LogP contribution in [0.4, 0.5) is 0 Å². The summed E-state index contributed by atoms with van der Waals surface area (Å²) < 4.78 is 1.80. The number of thiazole rings is 1. The number of phenolic OH excluding ortho intramolecular Hbond substituents is 2. The van der Waals surface area contributed by atoms with E-state index in [9.17, 15) is 15.0 Å². The van der Waals surface area contributed by atoms with Gasteiger partial charge in [-0.1, -0.05) is 23.4 Å². The highest BCUT2D eigenvalue weighted by Gasteiger charge is 2.12. The summed E-state index contributed by atoms with van der Waals surface area (Å²) in [7, 11) is 0. The SMILES string of the molecule is O=C(CSc1nc2cc(Cl)ccc2s1)c1ccc(O)c(O)c1. The van der Waals surface area contributed by atoms with Gasteiger partial charge in [0.2, 0.25) is 0 Å². The van der Waals surface area contributed by atoms with Gasteiger partial charge >= 0.3 is 0 Å². The molecule has 0 aliphatic carbocycles. The monoisotopic (exact) mass is 351 g/mol. The van der Waals surface area contributed by atoms with Gasteiger partial charge in [0.15, 0.2) is 21.6 Å². The number of halogens is 1. The van der Waals surface area contributed by atoms with E-state index in [4.69, 9.17) is 11.6 Å². The van der Waals surface area contributed by atoms with Gasteiger partial charge in [0.1, 0.15) is 0 Å². The molecule has 0 spiro atoms. The quantitative estimate of drug-likeness (QED) is 0.416. The van der Waals surface area contributed by atoms with Crippen molar-refractivity contribution in [2.45, 2.75) is 4.34 Å². The van der Waals surface area contributed by atoms with Crippen molar-refractivity contribution in [1.29, 1.82) is 0 Å². The molecule has 0 aliphatic rings. The van der Waals surface area contributed by atoms with E-state index in [1.807, 2.05) is 6.07 Å². The Morgan fingerprint density at radius 3 is 2.77 bits per heavy atom. The number of rotatable bonds is 4. The Bertz CT molecular complexity index is 863. The predicted molar refractivity (Wildman–Crippen MR) is 89.5 cm³/mol. The predicted octanol–water partition coefficient (Wildman–Crippen LogP) is 4.34. The maximum absolute atomic E-state index is 12.1. The van der Waals surface area contributed by atoms with Gasteiger partial charge in [-0.15, -0.1) is 11.3 Å². The highest BCUT2D eigenvalue weighted by atomic mass is 35.5. The van der Waals surface area contributed by atoms with Gasteiger partial charge in [0.05, 0.1) is 16.0 Å². The number of carbonyl (C=O) groups excluding carboxylic acids is 1. The lowest BCUT2D eigenvalue weighted by atomic mass is 10.1. The molecule has 7 heteroatoms. The van der Waals surface area contributed by atoms with Crippen LogP contribution in [-0.2, 0) is 0 Å². The molecule has 22 heavy (non-hydrogen) atoms. The van der Waals surface area contributed by atoms with Crippen molar-refractivity contribution in [3.05, 3.63) is 47.0 Å². The van der Waals surface area contributed by atoms with Crippen molar-refractivity contribution in [3.63, 3.8) is 0 Å². The first-order valence-electron chi connectivity index (χ1n) is 6.27. The summed E-state index contributed by atoms with van der Waals surface area (Å²) >= 11 is 8.76. The molecule has 2 aromatic carbocycles. The second kappa shape index (κ2) is 6.16. The summed E-state index contributed by atoms with van der Waals surface area (Å²) in [6.45, 7) is 0. The van der Waals surface area contributed by atoms with E-state index < -0.39 is 0 Å². The van der Waals surface area contributed by atoms with Crippen LogP contribution < -0.4 is 0 Å². The van der Waals surface area contributed by atoms with Gasteiger partial charge in [0, 0.05) is 10.6 Å². The molecule has 0 amide bonds. The van der Waals surface area contributed by atoms with Crippen LogP contribution in [-0.4, -0.2) is 26.7 Å². The zero-order valence-corrected chi connectivity index (χ0v) is 13.5. The number of phenols is 2. The van der Waals surface area contributed by atoms with Crippen molar-refractivity contribution in [2.75, 3.05) is 5.75 Å². The van der Waals surface area contributed by atoms with Crippen LogP contribution in [0.15, 0.2) is 40.7 Å². The maximum Gasteiger partial charge on any atom is 0.173 e. The number of fused-ring (bicyclic) bond motifs is 1. The molecule has 0 aliphatic heterocycles. The van der Waals surface area contributed by atoms with E-state index in [0.717, 1.165) is 14.6 Å². The third-order valence-electron chi connectivity index (χ3n) is 2.95. The molecule has 112 valence electrons. The average molecular weight is 352 g/mol. The van der Waals surface area contributed by atoms with Gasteiger partial charge in [-0.2, -0.15) is 0 Å². The molecule has 3 aromatic rings. The Balaban J connectivity index is 1.72. The van der Waals surface area contributed by atoms with E-state index >= 15 is 0 Å². The van der Waals surface area contributed by atoms with Gasteiger partial charge in [-0.25, -0.2) is 4.98 Å². The zero-order chi connectivity index (χ0) is 15.7. The number of hydrogen-bond donors (Lipinski definition) is 2. The van der Waals surface area contributed by atoms with Gasteiger partial charge in [-0.05, 0) is 36.4 Å². The number of nitrogens with zero attached hydrogens (tertiary/aromatic N) is 1.